The Kier molecular flexibility index (Phi) is 5.16. The van der Waals surface area contributed by atoms with Gasteiger partial charge in [-0.05, 0) is 12.0 Å². The Balaban J connectivity index is 1.59. The van der Waals surface area contributed by atoms with E-state index in [9.17, 15) is 4.79 Å². The van der Waals surface area contributed by atoms with Crippen LogP contribution in [0.3, 0.4) is 0 Å². The quantitative estimate of drug-likeness (QED) is 0.909. The number of amides is 2. The van der Waals surface area contributed by atoms with Gasteiger partial charge in [-0.2, -0.15) is 0 Å². The Morgan fingerprint density at radius 3 is 2.32 bits per heavy atom. The molecule has 2 aromatic rings. The summed E-state index contributed by atoms with van der Waals surface area (Å²) >= 11 is 0. The first-order valence-corrected chi connectivity index (χ1v) is 8.61. The van der Waals surface area contributed by atoms with Crippen LogP contribution < -0.4 is 10.2 Å². The van der Waals surface area contributed by atoms with Crippen LogP contribution in [0.4, 0.5) is 10.7 Å². The lowest BCUT2D eigenvalue weighted by molar-refractivity contribution is 0.185. The van der Waals surface area contributed by atoms with Gasteiger partial charge in [0.2, 0.25) is 5.95 Å². The number of aromatic nitrogens is 4. The standard InChI is InChI=1S/C17H25N7O/c1-13(2)14(15-18-7-8-22(15)3)21-17(25)24-11-9-23(10-12-24)16-19-5-4-6-20-16/h4-8,13-14H,9-12H2,1-3H3,(H,21,25)/t14-/m0/s1. The van der Waals surface area contributed by atoms with Gasteiger partial charge in [-0.3, -0.25) is 0 Å². The predicted octanol–water partition coefficient (Wildman–Crippen LogP) is 1.44. The van der Waals surface area contributed by atoms with Gasteiger partial charge in [0.05, 0.1) is 6.04 Å². The molecular formula is C17H25N7O. The first kappa shape index (κ1) is 17.2. The van der Waals surface area contributed by atoms with Crippen molar-refractivity contribution in [1.29, 1.82) is 0 Å². The minimum absolute atomic E-state index is 0.0460. The number of aryl methyl sites for hydroxylation is 1. The SMILES string of the molecule is CC(C)[C@H](NC(=O)N1CCN(c2ncccn2)CC1)c1nccn1C. The second-order valence-corrected chi connectivity index (χ2v) is 6.59. The normalized spacial score (nSPS) is 16.2. The van der Waals surface area contributed by atoms with Crippen LogP contribution in [-0.2, 0) is 7.05 Å². The van der Waals surface area contributed by atoms with Crippen molar-refractivity contribution in [1.82, 2.24) is 29.7 Å². The molecule has 1 aliphatic heterocycles. The van der Waals surface area contributed by atoms with Crippen LogP contribution in [0.2, 0.25) is 0 Å². The number of imidazole rings is 1. The molecule has 0 saturated carbocycles. The number of hydrogen-bond acceptors (Lipinski definition) is 5. The molecule has 8 nitrogen and oxygen atoms in total. The predicted molar refractivity (Wildman–Crippen MR) is 95.1 cm³/mol. The van der Waals surface area contributed by atoms with Gasteiger partial charge in [0.15, 0.2) is 0 Å². The number of nitrogens with one attached hydrogen (secondary N) is 1. The fraction of sp³-hybridized carbons (Fsp3) is 0.529. The zero-order valence-corrected chi connectivity index (χ0v) is 15.0. The molecule has 0 aliphatic carbocycles. The zero-order valence-electron chi connectivity index (χ0n) is 15.0. The van der Waals surface area contributed by atoms with E-state index in [2.05, 4.69) is 39.0 Å². The minimum atomic E-state index is -0.108. The maximum absolute atomic E-state index is 12.7. The summed E-state index contributed by atoms with van der Waals surface area (Å²) in [7, 11) is 1.95. The van der Waals surface area contributed by atoms with E-state index < -0.39 is 0 Å². The van der Waals surface area contributed by atoms with Gasteiger partial charge in [0, 0.05) is 58.0 Å². The summed E-state index contributed by atoms with van der Waals surface area (Å²) in [5, 5.41) is 3.14. The van der Waals surface area contributed by atoms with E-state index in [0.29, 0.717) is 13.1 Å². The van der Waals surface area contributed by atoms with Crippen molar-refractivity contribution in [3.63, 3.8) is 0 Å². The van der Waals surface area contributed by atoms with Gasteiger partial charge < -0.3 is 19.7 Å². The molecule has 3 heterocycles. The van der Waals surface area contributed by atoms with Gasteiger partial charge >= 0.3 is 6.03 Å². The Morgan fingerprint density at radius 1 is 1.08 bits per heavy atom. The Bertz CT molecular complexity index is 692. The lowest BCUT2D eigenvalue weighted by Gasteiger charge is -2.35. The van der Waals surface area contributed by atoms with E-state index >= 15 is 0 Å². The van der Waals surface area contributed by atoms with Crippen LogP contribution in [0.1, 0.15) is 25.7 Å². The maximum atomic E-state index is 12.7. The lowest BCUT2D eigenvalue weighted by Crippen LogP contribution is -2.53. The van der Waals surface area contributed by atoms with Crippen molar-refractivity contribution in [2.24, 2.45) is 13.0 Å². The van der Waals surface area contributed by atoms with E-state index in [4.69, 9.17) is 0 Å². The third kappa shape index (κ3) is 3.89. The van der Waals surface area contributed by atoms with E-state index in [1.165, 1.54) is 0 Å². The van der Waals surface area contributed by atoms with Crippen LogP contribution in [0.25, 0.3) is 0 Å². The number of anilines is 1. The molecule has 2 aromatic heterocycles. The average Bonchev–Trinajstić information content (AvgIpc) is 3.05. The first-order valence-electron chi connectivity index (χ1n) is 8.61. The van der Waals surface area contributed by atoms with E-state index in [1.54, 1.807) is 24.7 Å². The van der Waals surface area contributed by atoms with E-state index in [-0.39, 0.29) is 18.0 Å². The molecule has 0 bridgehead atoms. The molecular weight excluding hydrogens is 318 g/mol. The van der Waals surface area contributed by atoms with Crippen molar-refractivity contribution in [3.05, 3.63) is 36.7 Å². The molecule has 8 heteroatoms. The molecule has 1 atom stereocenters. The van der Waals surface area contributed by atoms with Crippen molar-refractivity contribution < 1.29 is 4.79 Å². The number of nitrogens with zero attached hydrogens (tertiary/aromatic N) is 6. The fourth-order valence-electron chi connectivity index (χ4n) is 2.99. The summed E-state index contributed by atoms with van der Waals surface area (Å²) in [6.45, 7) is 6.93. The number of hydrogen-bond donors (Lipinski definition) is 1. The van der Waals surface area contributed by atoms with Crippen LogP contribution >= 0.6 is 0 Å². The minimum Gasteiger partial charge on any atom is -0.337 e. The molecule has 0 radical (unpaired) electrons. The summed E-state index contributed by atoms with van der Waals surface area (Å²) < 4.78 is 1.95. The van der Waals surface area contributed by atoms with Crippen LogP contribution in [0.15, 0.2) is 30.9 Å². The molecule has 2 amide bonds. The van der Waals surface area contributed by atoms with Gasteiger partial charge in [-0.25, -0.2) is 19.7 Å². The zero-order chi connectivity index (χ0) is 17.8. The topological polar surface area (TPSA) is 79.2 Å². The van der Waals surface area contributed by atoms with Crippen molar-refractivity contribution in [2.45, 2.75) is 19.9 Å². The third-order valence-electron chi connectivity index (χ3n) is 4.48. The monoisotopic (exact) mass is 343 g/mol. The molecule has 1 N–H and O–H groups in total. The highest BCUT2D eigenvalue weighted by molar-refractivity contribution is 5.75. The maximum Gasteiger partial charge on any atom is 0.318 e. The highest BCUT2D eigenvalue weighted by atomic mass is 16.2. The fourth-order valence-corrected chi connectivity index (χ4v) is 2.99. The molecule has 25 heavy (non-hydrogen) atoms. The Morgan fingerprint density at radius 2 is 1.76 bits per heavy atom. The number of piperazine rings is 1. The Labute approximate surface area is 147 Å². The van der Waals surface area contributed by atoms with Crippen molar-refractivity contribution in [3.8, 4) is 0 Å². The van der Waals surface area contributed by atoms with Gasteiger partial charge in [0.1, 0.15) is 5.82 Å². The number of carbonyl (C=O) groups is 1. The third-order valence-corrected chi connectivity index (χ3v) is 4.48. The summed E-state index contributed by atoms with van der Waals surface area (Å²) in [5.74, 6) is 1.85. The second-order valence-electron chi connectivity index (χ2n) is 6.59. The number of carbonyl (C=O) groups excluding carboxylic acids is 1. The van der Waals surface area contributed by atoms with Gasteiger partial charge in [-0.1, -0.05) is 13.8 Å². The van der Waals surface area contributed by atoms with Gasteiger partial charge in [0.25, 0.3) is 0 Å². The van der Waals surface area contributed by atoms with Crippen molar-refractivity contribution in [2.75, 3.05) is 31.1 Å². The molecule has 1 aliphatic rings. The first-order chi connectivity index (χ1) is 12.1. The summed E-state index contributed by atoms with van der Waals surface area (Å²) in [5.41, 5.74) is 0. The Hall–Kier alpha value is -2.64. The molecule has 134 valence electrons. The summed E-state index contributed by atoms with van der Waals surface area (Å²) in [4.78, 5) is 29.6. The largest absolute Gasteiger partial charge is 0.337 e. The summed E-state index contributed by atoms with van der Waals surface area (Å²) in [6.07, 6.45) is 7.13. The van der Waals surface area contributed by atoms with Gasteiger partial charge in [-0.15, -0.1) is 0 Å². The summed E-state index contributed by atoms with van der Waals surface area (Å²) in [6, 6.07) is 1.65. The average molecular weight is 343 g/mol. The second kappa shape index (κ2) is 7.50. The highest BCUT2D eigenvalue weighted by Crippen LogP contribution is 2.20. The number of urea groups is 1. The van der Waals surface area contributed by atoms with E-state index in [1.807, 2.05) is 22.7 Å². The molecule has 1 fully saturated rings. The lowest BCUT2D eigenvalue weighted by atomic mass is 10.0. The molecule has 0 spiro atoms. The smallest absolute Gasteiger partial charge is 0.318 e. The molecule has 0 aromatic carbocycles. The van der Waals surface area contributed by atoms with Crippen LogP contribution in [0, 0.1) is 5.92 Å². The van der Waals surface area contributed by atoms with Crippen LogP contribution in [-0.4, -0.2) is 56.6 Å². The highest BCUT2D eigenvalue weighted by Gasteiger charge is 2.27. The molecule has 3 rings (SSSR count). The van der Waals surface area contributed by atoms with Crippen molar-refractivity contribution >= 4 is 12.0 Å². The molecule has 1 saturated heterocycles. The number of rotatable bonds is 4. The van der Waals surface area contributed by atoms with E-state index in [0.717, 1.165) is 24.9 Å². The molecule has 0 unspecified atom stereocenters. The van der Waals surface area contributed by atoms with Crippen LogP contribution in [0.5, 0.6) is 0 Å².